The highest BCUT2D eigenvalue weighted by Gasteiger charge is 2.17. The zero-order valence-corrected chi connectivity index (χ0v) is 15.5. The second-order valence-electron chi connectivity index (χ2n) is 5.90. The van der Waals surface area contributed by atoms with E-state index in [0.717, 1.165) is 9.13 Å². The summed E-state index contributed by atoms with van der Waals surface area (Å²) in [6, 6.07) is 13.5. The molecule has 3 heteroatoms. The minimum atomic E-state index is -0.194. The van der Waals surface area contributed by atoms with Crippen molar-refractivity contribution in [3.05, 3.63) is 68.5 Å². The molecule has 0 aliphatic carbocycles. The monoisotopic (exact) mass is 446 g/mol. The van der Waals surface area contributed by atoms with Gasteiger partial charge in [-0.25, -0.2) is 4.39 Å². The molecule has 0 amide bonds. The van der Waals surface area contributed by atoms with Gasteiger partial charge in [0.2, 0.25) is 0 Å². The predicted molar refractivity (Wildman–Crippen MR) is 95.0 cm³/mol. The van der Waals surface area contributed by atoms with Gasteiger partial charge in [0.15, 0.2) is 0 Å². The Morgan fingerprint density at radius 1 is 1.05 bits per heavy atom. The van der Waals surface area contributed by atoms with Gasteiger partial charge < -0.3 is 0 Å². The van der Waals surface area contributed by atoms with Crippen LogP contribution in [0.15, 0.2) is 42.5 Å². The molecule has 0 nitrogen and oxygen atoms in total. The second-order valence-corrected chi connectivity index (χ2v) is 7.98. The topological polar surface area (TPSA) is 0 Å². The zero-order chi connectivity index (χ0) is 14.9. The van der Waals surface area contributed by atoms with Crippen LogP contribution >= 0.6 is 38.5 Å². The van der Waals surface area contributed by atoms with Gasteiger partial charge in [-0.2, -0.15) is 0 Å². The summed E-state index contributed by atoms with van der Waals surface area (Å²) in [7, 11) is 0. The Bertz CT molecular complexity index is 599. The van der Waals surface area contributed by atoms with Crippen LogP contribution in [0.1, 0.15) is 42.3 Å². The van der Waals surface area contributed by atoms with E-state index in [9.17, 15) is 4.39 Å². The minimum absolute atomic E-state index is 0.0871. The van der Waals surface area contributed by atoms with E-state index in [1.807, 2.05) is 6.07 Å². The maximum Gasteiger partial charge on any atom is 0.124 e. The van der Waals surface area contributed by atoms with Crippen LogP contribution in [0.25, 0.3) is 0 Å². The molecule has 0 aliphatic rings. The van der Waals surface area contributed by atoms with E-state index < -0.39 is 0 Å². The van der Waals surface area contributed by atoms with Gasteiger partial charge in [-0.05, 0) is 56.8 Å². The largest absolute Gasteiger partial charge is 0.207 e. The molecule has 0 N–H and O–H groups in total. The number of alkyl halides is 1. The highest BCUT2D eigenvalue weighted by molar-refractivity contribution is 14.1. The molecule has 0 radical (unpaired) electrons. The highest BCUT2D eigenvalue weighted by Crippen LogP contribution is 2.35. The molecule has 0 saturated carbocycles. The van der Waals surface area contributed by atoms with Gasteiger partial charge in [0, 0.05) is 3.57 Å². The number of rotatable bonds is 2. The van der Waals surface area contributed by atoms with Crippen LogP contribution in [-0.2, 0) is 5.41 Å². The standard InChI is InChI=1S/C17H17BrFI/c1-17(2,3)12-6-4-11(5-7-12)16(18)14-9-8-13(19)10-15(14)20/h4-10,16H,1-3H3. The molecule has 1 atom stereocenters. The normalized spacial score (nSPS) is 13.3. The first-order valence-electron chi connectivity index (χ1n) is 6.48. The van der Waals surface area contributed by atoms with E-state index in [1.54, 1.807) is 6.07 Å². The van der Waals surface area contributed by atoms with Gasteiger partial charge in [-0.15, -0.1) is 0 Å². The van der Waals surface area contributed by atoms with Crippen LogP contribution in [0.4, 0.5) is 4.39 Å². The smallest absolute Gasteiger partial charge is 0.124 e. The lowest BCUT2D eigenvalue weighted by Gasteiger charge is -2.20. The summed E-state index contributed by atoms with van der Waals surface area (Å²) < 4.78 is 14.1. The molecular formula is C17H17BrFI. The van der Waals surface area contributed by atoms with Crippen molar-refractivity contribution >= 4 is 38.5 Å². The summed E-state index contributed by atoms with van der Waals surface area (Å²) in [4.78, 5) is 0.0871. The average Bonchev–Trinajstić information content (AvgIpc) is 2.37. The molecule has 0 heterocycles. The summed E-state index contributed by atoms with van der Waals surface area (Å²) in [6.07, 6.45) is 0. The van der Waals surface area contributed by atoms with Crippen LogP contribution < -0.4 is 0 Å². The Kier molecular flexibility index (Phi) is 4.90. The second kappa shape index (κ2) is 6.14. The molecule has 0 bridgehead atoms. The van der Waals surface area contributed by atoms with Gasteiger partial charge in [0.05, 0.1) is 4.83 Å². The number of halogens is 3. The first kappa shape index (κ1) is 16.0. The molecule has 0 spiro atoms. The maximum absolute atomic E-state index is 13.2. The summed E-state index contributed by atoms with van der Waals surface area (Å²) in [6.45, 7) is 6.61. The van der Waals surface area contributed by atoms with E-state index in [2.05, 4.69) is 83.6 Å². The zero-order valence-electron chi connectivity index (χ0n) is 11.8. The number of hydrogen-bond acceptors (Lipinski definition) is 0. The van der Waals surface area contributed by atoms with Crippen molar-refractivity contribution in [3.8, 4) is 0 Å². The predicted octanol–water partition coefficient (Wildman–Crippen LogP) is 6.21. The van der Waals surface area contributed by atoms with Crippen LogP contribution in [0.2, 0.25) is 0 Å². The Morgan fingerprint density at radius 3 is 2.15 bits per heavy atom. The first-order valence-corrected chi connectivity index (χ1v) is 8.48. The summed E-state index contributed by atoms with van der Waals surface area (Å²) in [5, 5.41) is 0. The molecular weight excluding hydrogens is 430 g/mol. The van der Waals surface area contributed by atoms with Crippen molar-refractivity contribution in [2.75, 3.05) is 0 Å². The Hall–Kier alpha value is -0.420. The van der Waals surface area contributed by atoms with E-state index in [1.165, 1.54) is 17.2 Å². The quantitative estimate of drug-likeness (QED) is 0.380. The average molecular weight is 447 g/mol. The van der Waals surface area contributed by atoms with Gasteiger partial charge >= 0.3 is 0 Å². The minimum Gasteiger partial charge on any atom is -0.207 e. The molecule has 2 rings (SSSR count). The van der Waals surface area contributed by atoms with E-state index in [0.29, 0.717) is 0 Å². The molecule has 0 aliphatic heterocycles. The molecule has 2 aromatic rings. The van der Waals surface area contributed by atoms with Crippen LogP contribution in [0.3, 0.4) is 0 Å². The van der Waals surface area contributed by atoms with Gasteiger partial charge in [0.1, 0.15) is 5.82 Å². The molecule has 0 saturated heterocycles. The van der Waals surface area contributed by atoms with Crippen molar-refractivity contribution in [1.29, 1.82) is 0 Å². The van der Waals surface area contributed by atoms with Crippen LogP contribution in [0, 0.1) is 9.39 Å². The summed E-state index contributed by atoms with van der Waals surface area (Å²) in [5.74, 6) is -0.194. The lowest BCUT2D eigenvalue weighted by atomic mass is 9.86. The van der Waals surface area contributed by atoms with Crippen molar-refractivity contribution in [2.45, 2.75) is 31.0 Å². The SMILES string of the molecule is CC(C)(C)c1ccc(C(Br)c2ccc(F)cc2I)cc1. The van der Waals surface area contributed by atoms with Gasteiger partial charge in [-0.1, -0.05) is 67.0 Å². The molecule has 1 unspecified atom stereocenters. The van der Waals surface area contributed by atoms with E-state index in [4.69, 9.17) is 0 Å². The maximum atomic E-state index is 13.2. The number of hydrogen-bond donors (Lipinski definition) is 0. The Morgan fingerprint density at radius 2 is 1.65 bits per heavy atom. The van der Waals surface area contributed by atoms with E-state index in [-0.39, 0.29) is 16.1 Å². The summed E-state index contributed by atoms with van der Waals surface area (Å²) >= 11 is 5.89. The number of benzene rings is 2. The van der Waals surface area contributed by atoms with E-state index >= 15 is 0 Å². The summed E-state index contributed by atoms with van der Waals surface area (Å²) in [5.41, 5.74) is 3.75. The van der Waals surface area contributed by atoms with Gasteiger partial charge in [0.25, 0.3) is 0 Å². The van der Waals surface area contributed by atoms with Gasteiger partial charge in [-0.3, -0.25) is 0 Å². The Labute approximate surface area is 142 Å². The lowest BCUT2D eigenvalue weighted by molar-refractivity contribution is 0.590. The fourth-order valence-corrected chi connectivity index (χ4v) is 3.96. The third kappa shape index (κ3) is 3.61. The molecule has 106 valence electrons. The van der Waals surface area contributed by atoms with Crippen molar-refractivity contribution < 1.29 is 4.39 Å². The third-order valence-electron chi connectivity index (χ3n) is 3.30. The fraction of sp³-hybridized carbons (Fsp3) is 0.294. The van der Waals surface area contributed by atoms with Crippen molar-refractivity contribution in [1.82, 2.24) is 0 Å². The fourth-order valence-electron chi connectivity index (χ4n) is 2.04. The molecule has 20 heavy (non-hydrogen) atoms. The van der Waals surface area contributed by atoms with Crippen LogP contribution in [0.5, 0.6) is 0 Å². The molecule has 2 aromatic carbocycles. The Balaban J connectivity index is 2.31. The third-order valence-corrected chi connectivity index (χ3v) is 5.26. The van der Waals surface area contributed by atoms with Crippen molar-refractivity contribution in [3.63, 3.8) is 0 Å². The highest BCUT2D eigenvalue weighted by atomic mass is 127. The van der Waals surface area contributed by atoms with Crippen LogP contribution in [-0.4, -0.2) is 0 Å². The lowest BCUT2D eigenvalue weighted by Crippen LogP contribution is -2.10. The molecule has 0 aromatic heterocycles. The molecule has 0 fully saturated rings. The first-order chi connectivity index (χ1) is 9.29. The van der Waals surface area contributed by atoms with Crippen molar-refractivity contribution in [2.24, 2.45) is 0 Å².